The quantitative estimate of drug-likeness (QED) is 0.552. The monoisotopic (exact) mass is 516 g/mol. The van der Waals surface area contributed by atoms with Gasteiger partial charge in [0.2, 0.25) is 10.0 Å². The van der Waals surface area contributed by atoms with Crippen LogP contribution in [0.2, 0.25) is 5.02 Å². The first-order valence-corrected chi connectivity index (χ1v) is 14.1. The fraction of sp³-hybridized carbons (Fsp3) is 0.458. The Morgan fingerprint density at radius 1 is 1.17 bits per heavy atom. The largest absolute Gasteiger partial charge is 0.356 e. The highest BCUT2D eigenvalue weighted by molar-refractivity contribution is 7.92. The van der Waals surface area contributed by atoms with Crippen molar-refractivity contribution in [3.05, 3.63) is 52.3 Å². The van der Waals surface area contributed by atoms with Crippen LogP contribution in [-0.4, -0.2) is 59.7 Å². The van der Waals surface area contributed by atoms with Gasteiger partial charge in [0.25, 0.3) is 5.91 Å². The van der Waals surface area contributed by atoms with E-state index in [0.29, 0.717) is 17.5 Å². The second-order valence-corrected chi connectivity index (χ2v) is 11.9. The molecule has 0 spiro atoms. The molecule has 0 radical (unpaired) electrons. The number of fused-ring (bicyclic) bond motifs is 1. The number of anilines is 2. The first kappa shape index (κ1) is 23.9. The van der Waals surface area contributed by atoms with E-state index in [1.54, 1.807) is 11.0 Å². The SMILES string of the molecule is Cc1cc(N2CC(C)C2)nc2cc([C@@H]3CCCCN3C(=O)c3cc(Cl)ccc3NS(C)(=O)=O)nn12. The summed E-state index contributed by atoms with van der Waals surface area (Å²) in [6, 6.07) is 8.37. The summed E-state index contributed by atoms with van der Waals surface area (Å²) < 4.78 is 28.0. The molecule has 2 saturated heterocycles. The number of halogens is 1. The number of carbonyl (C=O) groups is 1. The number of nitrogens with one attached hydrogen (secondary N) is 1. The molecule has 9 nitrogen and oxygen atoms in total. The van der Waals surface area contributed by atoms with E-state index in [-0.39, 0.29) is 23.2 Å². The highest BCUT2D eigenvalue weighted by Crippen LogP contribution is 2.34. The number of likely N-dealkylation sites (tertiary alicyclic amines) is 1. The maximum Gasteiger partial charge on any atom is 0.256 e. The van der Waals surface area contributed by atoms with Gasteiger partial charge in [-0.1, -0.05) is 18.5 Å². The minimum Gasteiger partial charge on any atom is -0.356 e. The van der Waals surface area contributed by atoms with Crippen LogP contribution in [0.4, 0.5) is 11.5 Å². The Labute approximate surface area is 210 Å². The van der Waals surface area contributed by atoms with Crippen LogP contribution in [-0.2, 0) is 10.0 Å². The van der Waals surface area contributed by atoms with E-state index >= 15 is 0 Å². The molecule has 1 aromatic carbocycles. The average molecular weight is 517 g/mol. The third-order valence-electron chi connectivity index (χ3n) is 6.61. The Morgan fingerprint density at radius 2 is 1.94 bits per heavy atom. The van der Waals surface area contributed by atoms with Crippen LogP contribution >= 0.6 is 11.6 Å². The number of aromatic nitrogens is 3. The van der Waals surface area contributed by atoms with E-state index in [2.05, 4.69) is 22.6 Å². The van der Waals surface area contributed by atoms with Gasteiger partial charge < -0.3 is 9.80 Å². The molecular weight excluding hydrogens is 488 g/mol. The molecule has 1 amide bonds. The standard InChI is InChI=1S/C24H29ClN6O3S/c1-15-13-29(14-15)22-10-16(2)31-23(26-22)12-20(27-31)21-6-4-5-9-30(21)24(32)18-11-17(25)7-8-19(18)28-35(3,33)34/h7-8,10-12,15,21,28H,4-6,9,13-14H2,1-3H3/t21-/m0/s1. The molecule has 2 aliphatic rings. The second-order valence-electron chi connectivity index (χ2n) is 9.68. The van der Waals surface area contributed by atoms with Gasteiger partial charge in [-0.25, -0.2) is 17.9 Å². The van der Waals surface area contributed by atoms with Crippen LogP contribution in [0.5, 0.6) is 0 Å². The van der Waals surface area contributed by atoms with Crippen LogP contribution in [0.1, 0.15) is 54.0 Å². The van der Waals surface area contributed by atoms with Gasteiger partial charge in [-0.15, -0.1) is 0 Å². The van der Waals surface area contributed by atoms with Gasteiger partial charge in [0.05, 0.1) is 29.2 Å². The Hall–Kier alpha value is -2.85. The third kappa shape index (κ3) is 4.81. The predicted molar refractivity (Wildman–Crippen MR) is 137 cm³/mol. The highest BCUT2D eigenvalue weighted by Gasteiger charge is 2.33. The fourth-order valence-electron chi connectivity index (χ4n) is 4.96. The molecule has 186 valence electrons. The van der Waals surface area contributed by atoms with Crippen molar-refractivity contribution in [3.8, 4) is 0 Å². The molecular formula is C24H29ClN6O3S. The Balaban J connectivity index is 1.49. The van der Waals surface area contributed by atoms with Crippen molar-refractivity contribution in [1.82, 2.24) is 19.5 Å². The number of hydrogen-bond acceptors (Lipinski definition) is 6. The van der Waals surface area contributed by atoms with Gasteiger partial charge >= 0.3 is 0 Å². The van der Waals surface area contributed by atoms with E-state index in [1.807, 2.05) is 17.5 Å². The minimum atomic E-state index is -3.57. The summed E-state index contributed by atoms with van der Waals surface area (Å²) in [7, 11) is -3.57. The summed E-state index contributed by atoms with van der Waals surface area (Å²) >= 11 is 6.19. The van der Waals surface area contributed by atoms with E-state index in [9.17, 15) is 13.2 Å². The first-order chi connectivity index (χ1) is 16.6. The maximum atomic E-state index is 13.7. The number of carbonyl (C=O) groups excluding carboxylic acids is 1. The summed E-state index contributed by atoms with van der Waals surface area (Å²) in [6.45, 7) is 6.78. The smallest absolute Gasteiger partial charge is 0.256 e. The van der Waals surface area contributed by atoms with Crippen molar-refractivity contribution in [2.24, 2.45) is 5.92 Å². The number of nitrogens with zero attached hydrogens (tertiary/aromatic N) is 5. The summed E-state index contributed by atoms with van der Waals surface area (Å²) in [5.74, 6) is 1.34. The zero-order valence-corrected chi connectivity index (χ0v) is 21.6. The predicted octanol–water partition coefficient (Wildman–Crippen LogP) is 3.89. The molecule has 4 heterocycles. The van der Waals surface area contributed by atoms with Gasteiger partial charge in [0, 0.05) is 42.5 Å². The van der Waals surface area contributed by atoms with Crippen LogP contribution in [0.25, 0.3) is 5.65 Å². The van der Waals surface area contributed by atoms with Gasteiger partial charge in [0.1, 0.15) is 5.82 Å². The molecule has 0 saturated carbocycles. The van der Waals surface area contributed by atoms with Crippen molar-refractivity contribution in [3.63, 3.8) is 0 Å². The normalized spacial score (nSPS) is 19.1. The van der Waals surface area contributed by atoms with Crippen molar-refractivity contribution < 1.29 is 13.2 Å². The molecule has 3 aromatic rings. The highest BCUT2D eigenvalue weighted by atomic mass is 35.5. The summed E-state index contributed by atoms with van der Waals surface area (Å²) in [4.78, 5) is 22.6. The molecule has 1 N–H and O–H groups in total. The van der Waals surface area contributed by atoms with Crippen LogP contribution in [0, 0.1) is 12.8 Å². The number of benzene rings is 1. The first-order valence-electron chi connectivity index (χ1n) is 11.8. The zero-order chi connectivity index (χ0) is 24.9. The average Bonchev–Trinajstić information content (AvgIpc) is 3.21. The van der Waals surface area contributed by atoms with E-state index < -0.39 is 10.0 Å². The van der Waals surface area contributed by atoms with E-state index in [1.165, 1.54) is 12.1 Å². The lowest BCUT2D eigenvalue weighted by atomic mass is 9.98. The number of sulfonamides is 1. The lowest BCUT2D eigenvalue weighted by Gasteiger charge is -2.38. The second kappa shape index (κ2) is 8.98. The topological polar surface area (TPSA) is 99.9 Å². The molecule has 0 bridgehead atoms. The maximum absolute atomic E-state index is 13.7. The Bertz CT molecular complexity index is 1400. The summed E-state index contributed by atoms with van der Waals surface area (Å²) in [6.07, 6.45) is 3.65. The molecule has 2 fully saturated rings. The van der Waals surface area contributed by atoms with E-state index in [4.69, 9.17) is 21.7 Å². The molecule has 2 aliphatic heterocycles. The summed E-state index contributed by atoms with van der Waals surface area (Å²) in [5, 5.41) is 5.19. The van der Waals surface area contributed by atoms with Crippen LogP contribution in [0.15, 0.2) is 30.3 Å². The molecule has 1 atom stereocenters. The zero-order valence-electron chi connectivity index (χ0n) is 20.0. The number of aryl methyl sites for hydroxylation is 1. The fourth-order valence-corrected chi connectivity index (χ4v) is 5.71. The number of piperidine rings is 1. The van der Waals surface area contributed by atoms with E-state index in [0.717, 1.165) is 61.5 Å². The molecule has 2 aromatic heterocycles. The summed E-state index contributed by atoms with van der Waals surface area (Å²) in [5.41, 5.74) is 2.96. The van der Waals surface area contributed by atoms with Crippen molar-refractivity contribution >= 4 is 44.7 Å². The van der Waals surface area contributed by atoms with Gasteiger partial charge in [-0.05, 0) is 50.3 Å². The minimum absolute atomic E-state index is 0.215. The lowest BCUT2D eigenvalue weighted by molar-refractivity contribution is 0.0607. The molecule has 35 heavy (non-hydrogen) atoms. The molecule has 0 aliphatic carbocycles. The Morgan fingerprint density at radius 3 is 2.66 bits per heavy atom. The van der Waals surface area contributed by atoms with Crippen LogP contribution < -0.4 is 9.62 Å². The van der Waals surface area contributed by atoms with Crippen LogP contribution in [0.3, 0.4) is 0 Å². The molecule has 11 heteroatoms. The van der Waals surface area contributed by atoms with Crippen molar-refractivity contribution in [1.29, 1.82) is 0 Å². The number of rotatable bonds is 5. The van der Waals surface area contributed by atoms with Gasteiger partial charge in [0.15, 0.2) is 5.65 Å². The van der Waals surface area contributed by atoms with Gasteiger partial charge in [-0.2, -0.15) is 5.10 Å². The van der Waals surface area contributed by atoms with Crippen molar-refractivity contribution in [2.45, 2.75) is 39.2 Å². The van der Waals surface area contributed by atoms with Crippen molar-refractivity contribution in [2.75, 3.05) is 35.5 Å². The van der Waals surface area contributed by atoms with Gasteiger partial charge in [-0.3, -0.25) is 9.52 Å². The number of hydrogen-bond donors (Lipinski definition) is 1. The molecule has 0 unspecified atom stereocenters. The Kier molecular flexibility index (Phi) is 6.13. The lowest BCUT2D eigenvalue weighted by Crippen LogP contribution is -2.45. The number of amides is 1. The molecule has 5 rings (SSSR count). The third-order valence-corrected chi connectivity index (χ3v) is 7.44.